The highest BCUT2D eigenvalue weighted by molar-refractivity contribution is 5.29. The van der Waals surface area contributed by atoms with Crippen LogP contribution in [0.4, 0.5) is 8.78 Å². The van der Waals surface area contributed by atoms with Gasteiger partial charge < -0.3 is 10.4 Å². The number of hydrogen-bond acceptors (Lipinski definition) is 2. The van der Waals surface area contributed by atoms with Gasteiger partial charge in [-0.25, -0.2) is 8.78 Å². The fraction of sp³-hybridized carbons (Fsp3) is 0.200. The van der Waals surface area contributed by atoms with Gasteiger partial charge in [-0.3, -0.25) is 0 Å². The van der Waals surface area contributed by atoms with Crippen LogP contribution >= 0.6 is 0 Å². The van der Waals surface area contributed by atoms with Crippen molar-refractivity contribution in [3.8, 4) is 5.75 Å². The van der Waals surface area contributed by atoms with Crippen LogP contribution in [0.1, 0.15) is 24.1 Å². The third-order valence-corrected chi connectivity index (χ3v) is 2.98. The summed E-state index contributed by atoms with van der Waals surface area (Å²) in [4.78, 5) is 0. The van der Waals surface area contributed by atoms with Gasteiger partial charge in [-0.05, 0) is 30.7 Å². The number of halogens is 2. The average molecular weight is 263 g/mol. The zero-order chi connectivity index (χ0) is 13.8. The molecule has 100 valence electrons. The van der Waals surface area contributed by atoms with Gasteiger partial charge >= 0.3 is 0 Å². The Labute approximate surface area is 110 Å². The van der Waals surface area contributed by atoms with Crippen molar-refractivity contribution in [1.29, 1.82) is 0 Å². The minimum absolute atomic E-state index is 0.0908. The number of phenolic OH excluding ortho intramolecular Hbond substituents is 1. The SMILES string of the molecule is CC(NCc1ccc(F)cc1)c1ccc(O)cc1F. The summed E-state index contributed by atoms with van der Waals surface area (Å²) in [6.07, 6.45) is 0. The topological polar surface area (TPSA) is 32.3 Å². The molecule has 1 atom stereocenters. The Morgan fingerprint density at radius 3 is 2.42 bits per heavy atom. The highest BCUT2D eigenvalue weighted by atomic mass is 19.1. The fourth-order valence-electron chi connectivity index (χ4n) is 1.85. The summed E-state index contributed by atoms with van der Waals surface area (Å²) in [5.74, 6) is -0.813. The molecule has 0 aliphatic carbocycles. The second kappa shape index (κ2) is 5.80. The third-order valence-electron chi connectivity index (χ3n) is 2.98. The molecule has 0 saturated carbocycles. The highest BCUT2D eigenvalue weighted by Crippen LogP contribution is 2.21. The van der Waals surface area contributed by atoms with Crippen molar-refractivity contribution in [2.75, 3.05) is 0 Å². The van der Waals surface area contributed by atoms with Crippen molar-refractivity contribution < 1.29 is 13.9 Å². The van der Waals surface area contributed by atoms with Crippen LogP contribution in [0, 0.1) is 11.6 Å². The lowest BCUT2D eigenvalue weighted by Gasteiger charge is -2.15. The van der Waals surface area contributed by atoms with E-state index >= 15 is 0 Å². The molecule has 19 heavy (non-hydrogen) atoms. The van der Waals surface area contributed by atoms with Crippen LogP contribution in [0.3, 0.4) is 0 Å². The van der Waals surface area contributed by atoms with Gasteiger partial charge in [-0.1, -0.05) is 18.2 Å². The molecule has 0 aliphatic rings. The van der Waals surface area contributed by atoms with Gasteiger partial charge in [0, 0.05) is 24.2 Å². The second-order valence-electron chi connectivity index (χ2n) is 4.43. The Hall–Kier alpha value is -1.94. The lowest BCUT2D eigenvalue weighted by atomic mass is 10.1. The Balaban J connectivity index is 2.01. The van der Waals surface area contributed by atoms with Crippen LogP contribution in [0.15, 0.2) is 42.5 Å². The molecule has 0 heterocycles. The number of hydrogen-bond donors (Lipinski definition) is 2. The molecular weight excluding hydrogens is 248 g/mol. The molecule has 0 spiro atoms. The number of benzene rings is 2. The molecule has 0 fully saturated rings. The Kier molecular flexibility index (Phi) is 4.12. The van der Waals surface area contributed by atoms with E-state index in [1.807, 2.05) is 6.92 Å². The van der Waals surface area contributed by atoms with E-state index in [9.17, 15) is 8.78 Å². The minimum atomic E-state index is -0.445. The summed E-state index contributed by atoms with van der Waals surface area (Å²) < 4.78 is 26.4. The molecule has 0 bridgehead atoms. The second-order valence-corrected chi connectivity index (χ2v) is 4.43. The average Bonchev–Trinajstić information content (AvgIpc) is 2.37. The first kappa shape index (κ1) is 13.5. The van der Waals surface area contributed by atoms with Crippen LogP contribution in [-0.4, -0.2) is 5.11 Å². The number of nitrogens with one attached hydrogen (secondary N) is 1. The van der Waals surface area contributed by atoms with E-state index in [0.717, 1.165) is 11.6 Å². The molecule has 0 amide bonds. The standard InChI is InChI=1S/C15H15F2NO/c1-10(14-7-6-13(19)8-15(14)17)18-9-11-2-4-12(16)5-3-11/h2-8,10,18-19H,9H2,1H3. The molecule has 2 aromatic rings. The van der Waals surface area contributed by atoms with Gasteiger partial charge in [0.2, 0.25) is 0 Å². The van der Waals surface area contributed by atoms with Crippen molar-refractivity contribution in [2.24, 2.45) is 0 Å². The number of rotatable bonds is 4. The van der Waals surface area contributed by atoms with E-state index in [0.29, 0.717) is 12.1 Å². The summed E-state index contributed by atoms with van der Waals surface area (Å²) in [5, 5.41) is 12.3. The maximum absolute atomic E-state index is 13.6. The first-order valence-electron chi connectivity index (χ1n) is 6.02. The van der Waals surface area contributed by atoms with E-state index in [4.69, 9.17) is 5.11 Å². The van der Waals surface area contributed by atoms with Gasteiger partial charge in [0.05, 0.1) is 0 Å². The summed E-state index contributed by atoms with van der Waals surface area (Å²) in [5.41, 5.74) is 1.41. The summed E-state index contributed by atoms with van der Waals surface area (Å²) in [6.45, 7) is 2.35. The molecule has 0 aliphatic heterocycles. The van der Waals surface area contributed by atoms with E-state index in [-0.39, 0.29) is 17.6 Å². The summed E-state index contributed by atoms with van der Waals surface area (Å²) in [6, 6.07) is 10.0. The third kappa shape index (κ3) is 3.51. The maximum Gasteiger partial charge on any atom is 0.131 e. The van der Waals surface area contributed by atoms with Crippen LogP contribution < -0.4 is 5.32 Å². The molecule has 4 heteroatoms. The molecule has 2 N–H and O–H groups in total. The normalized spacial score (nSPS) is 12.4. The molecule has 0 aromatic heterocycles. The van der Waals surface area contributed by atoms with Crippen molar-refractivity contribution in [3.05, 3.63) is 65.2 Å². The molecule has 0 saturated heterocycles. The van der Waals surface area contributed by atoms with Crippen molar-refractivity contribution in [2.45, 2.75) is 19.5 Å². The van der Waals surface area contributed by atoms with Gasteiger partial charge in [0.1, 0.15) is 17.4 Å². The Morgan fingerprint density at radius 2 is 1.79 bits per heavy atom. The van der Waals surface area contributed by atoms with Crippen LogP contribution in [0.2, 0.25) is 0 Å². The molecule has 1 unspecified atom stereocenters. The lowest BCUT2D eigenvalue weighted by molar-refractivity contribution is 0.463. The first-order valence-corrected chi connectivity index (χ1v) is 6.02. The number of aromatic hydroxyl groups is 1. The Bertz CT molecular complexity index is 555. The smallest absolute Gasteiger partial charge is 0.131 e. The summed E-state index contributed by atoms with van der Waals surface area (Å²) in [7, 11) is 0. The van der Waals surface area contributed by atoms with Crippen LogP contribution in [0.5, 0.6) is 5.75 Å². The van der Waals surface area contributed by atoms with Gasteiger partial charge in [0.25, 0.3) is 0 Å². The summed E-state index contributed by atoms with van der Waals surface area (Å²) >= 11 is 0. The van der Waals surface area contributed by atoms with Crippen molar-refractivity contribution in [1.82, 2.24) is 5.32 Å². The predicted molar refractivity (Wildman–Crippen MR) is 69.7 cm³/mol. The molecular formula is C15H15F2NO. The van der Waals surface area contributed by atoms with Crippen molar-refractivity contribution in [3.63, 3.8) is 0 Å². The lowest BCUT2D eigenvalue weighted by Crippen LogP contribution is -2.19. The van der Waals surface area contributed by atoms with E-state index in [2.05, 4.69) is 5.32 Å². The molecule has 2 aromatic carbocycles. The monoisotopic (exact) mass is 263 g/mol. The van der Waals surface area contributed by atoms with Gasteiger partial charge in [0.15, 0.2) is 0 Å². The van der Waals surface area contributed by atoms with Gasteiger partial charge in [-0.15, -0.1) is 0 Å². The largest absolute Gasteiger partial charge is 0.508 e. The van der Waals surface area contributed by atoms with Gasteiger partial charge in [-0.2, -0.15) is 0 Å². The quantitative estimate of drug-likeness (QED) is 0.884. The van der Waals surface area contributed by atoms with E-state index in [1.165, 1.54) is 18.2 Å². The zero-order valence-electron chi connectivity index (χ0n) is 10.5. The number of phenols is 1. The minimum Gasteiger partial charge on any atom is -0.508 e. The molecule has 2 rings (SSSR count). The van der Waals surface area contributed by atoms with Crippen LogP contribution in [-0.2, 0) is 6.54 Å². The van der Waals surface area contributed by atoms with E-state index in [1.54, 1.807) is 18.2 Å². The van der Waals surface area contributed by atoms with Crippen LogP contribution in [0.25, 0.3) is 0 Å². The predicted octanol–water partition coefficient (Wildman–Crippen LogP) is 3.52. The Morgan fingerprint density at radius 1 is 1.11 bits per heavy atom. The zero-order valence-corrected chi connectivity index (χ0v) is 10.5. The van der Waals surface area contributed by atoms with Crippen molar-refractivity contribution >= 4 is 0 Å². The molecule has 0 radical (unpaired) electrons. The van der Waals surface area contributed by atoms with E-state index < -0.39 is 5.82 Å². The molecule has 2 nitrogen and oxygen atoms in total. The fourth-order valence-corrected chi connectivity index (χ4v) is 1.85. The first-order chi connectivity index (χ1) is 9.06. The highest BCUT2D eigenvalue weighted by Gasteiger charge is 2.10. The maximum atomic E-state index is 13.6.